The van der Waals surface area contributed by atoms with Gasteiger partial charge in [0.05, 0.1) is 6.26 Å². The fraction of sp³-hybridized carbons (Fsp3) is 0.538. The molecule has 7 heteroatoms. The SMILES string of the molecule is CC(C)C[C@@H](NS(C)(=O)=O)C(=O)NCc1cccnc1. The molecule has 1 heterocycles. The Kier molecular flexibility index (Phi) is 6.09. The minimum Gasteiger partial charge on any atom is -0.351 e. The predicted octanol–water partition coefficient (Wildman–Crippen LogP) is 0.662. The van der Waals surface area contributed by atoms with Gasteiger partial charge in [0.2, 0.25) is 15.9 Å². The maximum absolute atomic E-state index is 12.1. The van der Waals surface area contributed by atoms with E-state index < -0.39 is 16.1 Å². The van der Waals surface area contributed by atoms with Gasteiger partial charge in [0.15, 0.2) is 0 Å². The first-order valence-corrected chi connectivity index (χ1v) is 8.31. The molecule has 112 valence electrons. The maximum atomic E-state index is 12.1. The van der Waals surface area contributed by atoms with Crippen LogP contribution in [0.5, 0.6) is 0 Å². The molecule has 0 fully saturated rings. The zero-order valence-corrected chi connectivity index (χ0v) is 12.8. The number of nitrogens with one attached hydrogen (secondary N) is 2. The Bertz CT molecular complexity index is 529. The molecule has 0 saturated heterocycles. The van der Waals surface area contributed by atoms with Crippen LogP contribution >= 0.6 is 0 Å². The van der Waals surface area contributed by atoms with Crippen molar-refractivity contribution >= 4 is 15.9 Å². The van der Waals surface area contributed by atoms with E-state index in [4.69, 9.17) is 0 Å². The lowest BCUT2D eigenvalue weighted by atomic mass is 10.0. The van der Waals surface area contributed by atoms with Crippen LogP contribution in [0.15, 0.2) is 24.5 Å². The molecule has 6 nitrogen and oxygen atoms in total. The van der Waals surface area contributed by atoms with Crippen LogP contribution in [-0.4, -0.2) is 31.6 Å². The fourth-order valence-corrected chi connectivity index (χ4v) is 2.47. The van der Waals surface area contributed by atoms with Gasteiger partial charge >= 0.3 is 0 Å². The molecule has 0 saturated carbocycles. The van der Waals surface area contributed by atoms with Crippen molar-refractivity contribution in [1.29, 1.82) is 0 Å². The van der Waals surface area contributed by atoms with Gasteiger partial charge in [0.25, 0.3) is 0 Å². The summed E-state index contributed by atoms with van der Waals surface area (Å²) < 4.78 is 25.0. The molecule has 0 aliphatic carbocycles. The van der Waals surface area contributed by atoms with E-state index >= 15 is 0 Å². The van der Waals surface area contributed by atoms with Gasteiger partial charge in [-0.05, 0) is 24.0 Å². The van der Waals surface area contributed by atoms with Gasteiger partial charge in [-0.1, -0.05) is 19.9 Å². The number of amides is 1. The Balaban J connectivity index is 2.63. The van der Waals surface area contributed by atoms with Crippen LogP contribution in [0.1, 0.15) is 25.8 Å². The zero-order chi connectivity index (χ0) is 15.2. The molecule has 1 amide bonds. The standard InChI is InChI=1S/C13H21N3O3S/c1-10(2)7-12(16-20(3,18)19)13(17)15-9-11-5-4-6-14-8-11/h4-6,8,10,12,16H,7,9H2,1-3H3,(H,15,17)/t12-/m1/s1. The lowest BCUT2D eigenvalue weighted by Crippen LogP contribution is -2.46. The number of hydrogen-bond donors (Lipinski definition) is 2. The van der Waals surface area contributed by atoms with Crippen LogP contribution in [0.25, 0.3) is 0 Å². The Hall–Kier alpha value is -1.47. The van der Waals surface area contributed by atoms with Crippen molar-refractivity contribution in [2.45, 2.75) is 32.9 Å². The van der Waals surface area contributed by atoms with E-state index in [2.05, 4.69) is 15.0 Å². The summed E-state index contributed by atoms with van der Waals surface area (Å²) in [6.45, 7) is 4.20. The molecular weight excluding hydrogens is 278 g/mol. The van der Waals surface area contributed by atoms with E-state index in [9.17, 15) is 13.2 Å². The second-order valence-corrected chi connectivity index (χ2v) is 6.93. The minimum absolute atomic E-state index is 0.207. The molecule has 0 spiro atoms. The maximum Gasteiger partial charge on any atom is 0.238 e. The van der Waals surface area contributed by atoms with Crippen LogP contribution in [0, 0.1) is 5.92 Å². The van der Waals surface area contributed by atoms with E-state index in [1.165, 1.54) is 0 Å². The van der Waals surface area contributed by atoms with E-state index in [1.54, 1.807) is 18.5 Å². The quantitative estimate of drug-likeness (QED) is 0.774. The molecule has 0 radical (unpaired) electrons. The molecule has 1 aromatic heterocycles. The highest BCUT2D eigenvalue weighted by atomic mass is 32.2. The first-order valence-electron chi connectivity index (χ1n) is 6.42. The van der Waals surface area contributed by atoms with E-state index in [-0.39, 0.29) is 11.8 Å². The van der Waals surface area contributed by atoms with Gasteiger partial charge in [0.1, 0.15) is 6.04 Å². The molecule has 0 aliphatic rings. The van der Waals surface area contributed by atoms with Crippen LogP contribution in [0.2, 0.25) is 0 Å². The normalized spacial score (nSPS) is 13.2. The first-order chi connectivity index (χ1) is 9.28. The van der Waals surface area contributed by atoms with Crippen molar-refractivity contribution in [2.24, 2.45) is 5.92 Å². The molecule has 20 heavy (non-hydrogen) atoms. The number of hydrogen-bond acceptors (Lipinski definition) is 4. The molecular formula is C13H21N3O3S. The third-order valence-electron chi connectivity index (χ3n) is 2.57. The van der Waals surface area contributed by atoms with Gasteiger partial charge in [-0.2, -0.15) is 0 Å². The van der Waals surface area contributed by atoms with Gasteiger partial charge in [0, 0.05) is 18.9 Å². The summed E-state index contributed by atoms with van der Waals surface area (Å²) in [5.74, 6) is -0.119. The average molecular weight is 299 g/mol. The topological polar surface area (TPSA) is 88.2 Å². The summed E-state index contributed by atoms with van der Waals surface area (Å²) in [6.07, 6.45) is 4.81. The highest BCUT2D eigenvalue weighted by Crippen LogP contribution is 2.06. The van der Waals surface area contributed by atoms with Crippen LogP contribution < -0.4 is 10.0 Å². The summed E-state index contributed by atoms with van der Waals surface area (Å²) in [4.78, 5) is 16.0. The van der Waals surface area contributed by atoms with Crippen molar-refractivity contribution in [3.63, 3.8) is 0 Å². The Morgan fingerprint density at radius 1 is 1.40 bits per heavy atom. The number of sulfonamides is 1. The third kappa shape index (κ3) is 6.63. The van der Waals surface area contributed by atoms with Crippen molar-refractivity contribution in [1.82, 2.24) is 15.0 Å². The van der Waals surface area contributed by atoms with Gasteiger partial charge in [-0.15, -0.1) is 0 Å². The molecule has 0 bridgehead atoms. The number of carbonyl (C=O) groups excluding carboxylic acids is 1. The van der Waals surface area contributed by atoms with E-state index in [0.29, 0.717) is 13.0 Å². The molecule has 2 N–H and O–H groups in total. The largest absolute Gasteiger partial charge is 0.351 e. The molecule has 0 aliphatic heterocycles. The number of nitrogens with zero attached hydrogens (tertiary/aromatic N) is 1. The molecule has 0 aromatic carbocycles. The van der Waals surface area contributed by atoms with Crippen molar-refractivity contribution in [3.8, 4) is 0 Å². The molecule has 0 unspecified atom stereocenters. The monoisotopic (exact) mass is 299 g/mol. The van der Waals surface area contributed by atoms with Crippen molar-refractivity contribution < 1.29 is 13.2 Å². The van der Waals surface area contributed by atoms with Crippen LogP contribution in [0.3, 0.4) is 0 Å². The molecule has 1 rings (SSSR count). The highest BCUT2D eigenvalue weighted by Gasteiger charge is 2.22. The third-order valence-corrected chi connectivity index (χ3v) is 3.28. The average Bonchev–Trinajstić information content (AvgIpc) is 2.34. The Morgan fingerprint density at radius 2 is 2.10 bits per heavy atom. The number of pyridine rings is 1. The van der Waals surface area contributed by atoms with Gasteiger partial charge in [-0.25, -0.2) is 13.1 Å². The lowest BCUT2D eigenvalue weighted by Gasteiger charge is -2.19. The van der Waals surface area contributed by atoms with E-state index in [0.717, 1.165) is 11.8 Å². The number of carbonyl (C=O) groups is 1. The van der Waals surface area contributed by atoms with Gasteiger partial charge < -0.3 is 5.32 Å². The fourth-order valence-electron chi connectivity index (χ4n) is 1.75. The first kappa shape index (κ1) is 16.6. The van der Waals surface area contributed by atoms with Crippen molar-refractivity contribution in [3.05, 3.63) is 30.1 Å². The summed E-state index contributed by atoms with van der Waals surface area (Å²) in [5, 5.41) is 2.72. The predicted molar refractivity (Wildman–Crippen MR) is 77.3 cm³/mol. The minimum atomic E-state index is -3.42. The summed E-state index contributed by atoms with van der Waals surface area (Å²) in [6, 6.07) is 2.87. The van der Waals surface area contributed by atoms with Crippen LogP contribution in [0.4, 0.5) is 0 Å². The number of aromatic nitrogens is 1. The second-order valence-electron chi connectivity index (χ2n) is 5.15. The van der Waals surface area contributed by atoms with E-state index in [1.807, 2.05) is 19.9 Å². The van der Waals surface area contributed by atoms with Crippen LogP contribution in [-0.2, 0) is 21.4 Å². The lowest BCUT2D eigenvalue weighted by molar-refractivity contribution is -0.123. The molecule has 1 atom stereocenters. The number of rotatable bonds is 7. The van der Waals surface area contributed by atoms with Gasteiger partial charge in [-0.3, -0.25) is 9.78 Å². The summed E-state index contributed by atoms with van der Waals surface area (Å²) in [7, 11) is -3.42. The summed E-state index contributed by atoms with van der Waals surface area (Å²) >= 11 is 0. The smallest absolute Gasteiger partial charge is 0.238 e. The molecule has 1 aromatic rings. The summed E-state index contributed by atoms with van der Waals surface area (Å²) in [5.41, 5.74) is 0.864. The highest BCUT2D eigenvalue weighted by molar-refractivity contribution is 7.88. The Labute approximate surface area is 120 Å². The Morgan fingerprint density at radius 3 is 2.60 bits per heavy atom. The zero-order valence-electron chi connectivity index (χ0n) is 12.0. The van der Waals surface area contributed by atoms with Crippen molar-refractivity contribution in [2.75, 3.05) is 6.26 Å². The second kappa shape index (κ2) is 7.35.